The van der Waals surface area contributed by atoms with Crippen molar-refractivity contribution in [1.82, 2.24) is 4.90 Å². The summed E-state index contributed by atoms with van der Waals surface area (Å²) < 4.78 is 0. The van der Waals surface area contributed by atoms with Gasteiger partial charge in [0.05, 0.1) is 19.1 Å². The number of aliphatic carboxylic acids is 3. The molecule has 0 amide bonds. The van der Waals surface area contributed by atoms with Gasteiger partial charge in [-0.1, -0.05) is 0 Å². The summed E-state index contributed by atoms with van der Waals surface area (Å²) in [5.74, 6) is -4.09. The summed E-state index contributed by atoms with van der Waals surface area (Å²) in [5.41, 5.74) is 0. The quantitative estimate of drug-likeness (QED) is 0.469. The van der Waals surface area contributed by atoms with Gasteiger partial charge in [0, 0.05) is 26.0 Å². The van der Waals surface area contributed by atoms with Crippen molar-refractivity contribution in [2.45, 2.75) is 0 Å². The Morgan fingerprint density at radius 2 is 1.33 bits per heavy atom. The molecule has 0 fully saturated rings. The normalized spacial score (nSPS) is 8.60. The van der Waals surface area contributed by atoms with Crippen LogP contribution in [0.2, 0.25) is 0 Å². The first-order valence-corrected chi connectivity index (χ1v) is 3.27. The molecule has 2 N–H and O–H groups in total. The zero-order valence-corrected chi connectivity index (χ0v) is 14.4. The maximum Gasteiger partial charge on any atom is 1.00 e. The number of carboxylic acids is 3. The van der Waals surface area contributed by atoms with Gasteiger partial charge >= 0.3 is 63.3 Å². The average Bonchev–Trinajstić information content (AvgIpc) is 1.80. The minimum atomic E-state index is -1.51. The van der Waals surface area contributed by atoms with Crippen LogP contribution < -0.4 is 56.5 Å². The molecule has 9 heteroatoms. The summed E-state index contributed by atoms with van der Waals surface area (Å²) in [6.07, 6.45) is 0. The molecular formula is C6H8KNO6Zn. The number of nitrogens with zero attached hydrogens (tertiary/aromatic N) is 1. The smallest absolute Gasteiger partial charge is 0.549 e. The fourth-order valence-corrected chi connectivity index (χ4v) is 0.733. The molecule has 0 aromatic heterocycles. The molecule has 0 unspecified atom stereocenters. The van der Waals surface area contributed by atoms with Crippen molar-refractivity contribution < 1.29 is 101 Å². The molecule has 0 saturated carbocycles. The van der Waals surface area contributed by atoms with Crippen LogP contribution in [0, 0.1) is 0 Å². The molecule has 0 bridgehead atoms. The fourth-order valence-electron chi connectivity index (χ4n) is 0.733. The van der Waals surface area contributed by atoms with E-state index in [0.29, 0.717) is 0 Å². The number of carbonyl (C=O) groups excluding carboxylic acids is 1. The van der Waals surface area contributed by atoms with E-state index in [1.807, 2.05) is 0 Å². The number of carbonyl (C=O) groups is 3. The number of carboxylic acid groups (broad SMARTS) is 3. The van der Waals surface area contributed by atoms with Gasteiger partial charge in [-0.3, -0.25) is 14.5 Å². The summed E-state index contributed by atoms with van der Waals surface area (Å²) in [4.78, 5) is 31.0. The first-order valence-electron chi connectivity index (χ1n) is 3.27. The first-order chi connectivity index (χ1) is 5.91. The van der Waals surface area contributed by atoms with Gasteiger partial charge in [-0.05, 0) is 0 Å². The van der Waals surface area contributed by atoms with Crippen molar-refractivity contribution in [2.75, 3.05) is 19.6 Å². The van der Waals surface area contributed by atoms with Gasteiger partial charge in [0.1, 0.15) is 0 Å². The van der Waals surface area contributed by atoms with Crippen molar-refractivity contribution in [2.24, 2.45) is 0 Å². The first kappa shape index (κ1) is 21.0. The molecule has 0 aliphatic rings. The second-order valence-corrected chi connectivity index (χ2v) is 2.30. The van der Waals surface area contributed by atoms with Crippen LogP contribution in [0.15, 0.2) is 0 Å². The largest absolute Gasteiger partial charge is 1.00 e. The summed E-state index contributed by atoms with van der Waals surface area (Å²) in [7, 11) is 0. The summed E-state index contributed by atoms with van der Waals surface area (Å²) in [5, 5.41) is 26.6. The molecule has 15 heavy (non-hydrogen) atoms. The Labute approximate surface area is 141 Å². The number of hydrogen-bond donors (Lipinski definition) is 2. The van der Waals surface area contributed by atoms with E-state index in [9.17, 15) is 19.5 Å². The SMILES string of the molecule is O=C([O-])CN(CC(=O)O)CC(=O)O.[K+].[Zn]. The van der Waals surface area contributed by atoms with Gasteiger partial charge in [-0.25, -0.2) is 0 Å². The zero-order chi connectivity index (χ0) is 10.4. The van der Waals surface area contributed by atoms with E-state index in [1.165, 1.54) is 0 Å². The van der Waals surface area contributed by atoms with Gasteiger partial charge < -0.3 is 20.1 Å². The van der Waals surface area contributed by atoms with E-state index >= 15 is 0 Å². The Hall–Kier alpha value is 0.630. The summed E-state index contributed by atoms with van der Waals surface area (Å²) in [6.45, 7) is -1.99. The van der Waals surface area contributed by atoms with E-state index in [1.54, 1.807) is 0 Å². The molecular weight excluding hydrogens is 287 g/mol. The monoisotopic (exact) mass is 293 g/mol. The van der Waals surface area contributed by atoms with Crippen LogP contribution in [0.4, 0.5) is 0 Å². The molecule has 76 valence electrons. The van der Waals surface area contributed by atoms with E-state index in [4.69, 9.17) is 10.2 Å². The number of hydrogen-bond acceptors (Lipinski definition) is 5. The van der Waals surface area contributed by atoms with Crippen LogP contribution in [0.1, 0.15) is 0 Å². The Kier molecular flexibility index (Phi) is 15.6. The van der Waals surface area contributed by atoms with E-state index < -0.39 is 37.5 Å². The summed E-state index contributed by atoms with van der Waals surface area (Å²) >= 11 is 0. The third kappa shape index (κ3) is 14.6. The molecule has 0 rings (SSSR count). The molecule has 7 nitrogen and oxygen atoms in total. The van der Waals surface area contributed by atoms with Gasteiger partial charge in [-0.15, -0.1) is 0 Å². The third-order valence-corrected chi connectivity index (χ3v) is 1.07. The molecule has 0 aliphatic carbocycles. The molecule has 0 radical (unpaired) electrons. The zero-order valence-electron chi connectivity index (χ0n) is 8.30. The van der Waals surface area contributed by atoms with Crippen LogP contribution in [-0.4, -0.2) is 52.7 Å². The van der Waals surface area contributed by atoms with Crippen LogP contribution in [0.3, 0.4) is 0 Å². The maximum absolute atomic E-state index is 10.1. The molecule has 0 aliphatic heterocycles. The Bertz CT molecular complexity index is 198. The minimum Gasteiger partial charge on any atom is -0.549 e. The van der Waals surface area contributed by atoms with E-state index in [0.717, 1.165) is 4.90 Å². The van der Waals surface area contributed by atoms with Crippen molar-refractivity contribution in [3.8, 4) is 0 Å². The van der Waals surface area contributed by atoms with Gasteiger partial charge in [-0.2, -0.15) is 0 Å². The second kappa shape index (κ2) is 11.1. The summed E-state index contributed by atoms with van der Waals surface area (Å²) in [6, 6.07) is 0. The number of rotatable bonds is 6. The van der Waals surface area contributed by atoms with Crippen LogP contribution >= 0.6 is 0 Å². The van der Waals surface area contributed by atoms with Crippen LogP contribution in [-0.2, 0) is 33.9 Å². The average molecular weight is 295 g/mol. The third-order valence-electron chi connectivity index (χ3n) is 1.07. The fraction of sp³-hybridized carbons (Fsp3) is 0.500. The molecule has 0 heterocycles. The van der Waals surface area contributed by atoms with Crippen molar-refractivity contribution in [1.29, 1.82) is 0 Å². The Balaban J connectivity index is -0.000000720. The molecule has 0 aromatic rings. The standard InChI is InChI=1S/C6H9NO6.K.Zn/c8-4(9)1-7(2-5(10)11)3-6(12)13;;/h1-3H2,(H,8,9)(H,10,11)(H,12,13);;/q;+1;/p-1. The van der Waals surface area contributed by atoms with Gasteiger partial charge in [0.15, 0.2) is 0 Å². The van der Waals surface area contributed by atoms with Crippen molar-refractivity contribution in [3.05, 3.63) is 0 Å². The molecule has 0 spiro atoms. The van der Waals surface area contributed by atoms with Crippen molar-refractivity contribution in [3.63, 3.8) is 0 Å². The van der Waals surface area contributed by atoms with Crippen molar-refractivity contribution >= 4 is 17.9 Å². The molecule has 0 aromatic carbocycles. The maximum atomic E-state index is 10.1. The molecule has 0 atom stereocenters. The Morgan fingerprint density at radius 3 is 1.53 bits per heavy atom. The predicted octanol–water partition coefficient (Wildman–Crippen LogP) is -5.79. The van der Waals surface area contributed by atoms with Gasteiger partial charge in [0.25, 0.3) is 0 Å². The molecule has 0 saturated heterocycles. The van der Waals surface area contributed by atoms with Crippen LogP contribution in [0.5, 0.6) is 0 Å². The Morgan fingerprint density at radius 1 is 1.00 bits per heavy atom. The second-order valence-electron chi connectivity index (χ2n) is 2.30. The predicted molar refractivity (Wildman–Crippen MR) is 36.7 cm³/mol. The van der Waals surface area contributed by atoms with E-state index in [2.05, 4.69) is 0 Å². The van der Waals surface area contributed by atoms with E-state index in [-0.39, 0.29) is 70.9 Å². The van der Waals surface area contributed by atoms with Crippen LogP contribution in [0.25, 0.3) is 0 Å². The minimum absolute atomic E-state index is 0. The topological polar surface area (TPSA) is 118 Å². The van der Waals surface area contributed by atoms with Gasteiger partial charge in [0.2, 0.25) is 0 Å².